The summed E-state index contributed by atoms with van der Waals surface area (Å²) in [6.07, 6.45) is 1.19. The van der Waals surface area contributed by atoms with E-state index in [0.717, 1.165) is 0 Å². The molecular formula is C12H18BrN. The molecule has 0 bridgehead atoms. The van der Waals surface area contributed by atoms with Crippen molar-refractivity contribution in [3.63, 3.8) is 0 Å². The fourth-order valence-electron chi connectivity index (χ4n) is 1.43. The Bertz CT molecular complexity index is 307. The van der Waals surface area contributed by atoms with Crippen LogP contribution in [0.4, 0.5) is 5.69 Å². The van der Waals surface area contributed by atoms with E-state index in [9.17, 15) is 0 Å². The van der Waals surface area contributed by atoms with Crippen molar-refractivity contribution in [3.05, 3.63) is 28.2 Å². The first-order valence-electron chi connectivity index (χ1n) is 5.03. The number of nitrogens with zero attached hydrogens (tertiary/aromatic N) is 1. The van der Waals surface area contributed by atoms with E-state index < -0.39 is 0 Å². The van der Waals surface area contributed by atoms with Crippen molar-refractivity contribution in [2.75, 3.05) is 19.0 Å². The number of hydrogen-bond acceptors (Lipinski definition) is 1. The zero-order valence-electron chi connectivity index (χ0n) is 9.34. The highest BCUT2D eigenvalue weighted by molar-refractivity contribution is 9.10. The molecule has 1 aromatic carbocycles. The summed E-state index contributed by atoms with van der Waals surface area (Å²) in [4.78, 5) is 2.12. The van der Waals surface area contributed by atoms with Gasteiger partial charge in [-0.2, -0.15) is 0 Å². The van der Waals surface area contributed by atoms with Crippen LogP contribution in [0, 0.1) is 0 Å². The molecule has 0 aliphatic carbocycles. The molecule has 0 fully saturated rings. The van der Waals surface area contributed by atoms with Crippen LogP contribution in [0.2, 0.25) is 0 Å². The summed E-state index contributed by atoms with van der Waals surface area (Å²) >= 11 is 3.60. The lowest BCUT2D eigenvalue weighted by Crippen LogP contribution is -2.09. The van der Waals surface area contributed by atoms with Gasteiger partial charge in [-0.3, -0.25) is 0 Å². The number of halogens is 1. The van der Waals surface area contributed by atoms with E-state index in [1.54, 1.807) is 0 Å². The van der Waals surface area contributed by atoms with Crippen molar-refractivity contribution in [2.24, 2.45) is 0 Å². The van der Waals surface area contributed by atoms with Crippen molar-refractivity contribution >= 4 is 21.6 Å². The van der Waals surface area contributed by atoms with Crippen molar-refractivity contribution in [1.29, 1.82) is 0 Å². The SMILES string of the molecule is CCC(C)c1ccc(N(C)C)c(Br)c1. The summed E-state index contributed by atoms with van der Waals surface area (Å²) in [5.41, 5.74) is 2.64. The maximum atomic E-state index is 3.60. The topological polar surface area (TPSA) is 3.24 Å². The average Bonchev–Trinajstić information content (AvgIpc) is 2.15. The van der Waals surface area contributed by atoms with E-state index in [2.05, 4.69) is 67.0 Å². The zero-order valence-corrected chi connectivity index (χ0v) is 10.9. The van der Waals surface area contributed by atoms with Crippen LogP contribution in [0.25, 0.3) is 0 Å². The average molecular weight is 256 g/mol. The Morgan fingerprint density at radius 1 is 1.36 bits per heavy atom. The fraction of sp³-hybridized carbons (Fsp3) is 0.500. The molecule has 0 aromatic heterocycles. The summed E-state index contributed by atoms with van der Waals surface area (Å²) in [7, 11) is 4.12. The molecular weight excluding hydrogens is 238 g/mol. The molecule has 14 heavy (non-hydrogen) atoms. The maximum absolute atomic E-state index is 3.60. The third kappa shape index (κ3) is 2.50. The standard InChI is InChI=1S/C12H18BrN/c1-5-9(2)10-6-7-12(14(3)4)11(13)8-10/h6-9H,5H2,1-4H3. The van der Waals surface area contributed by atoms with E-state index in [4.69, 9.17) is 0 Å². The second-order valence-electron chi connectivity index (χ2n) is 3.91. The Morgan fingerprint density at radius 3 is 2.43 bits per heavy atom. The Labute approximate surface area is 95.2 Å². The lowest BCUT2D eigenvalue weighted by atomic mass is 9.98. The van der Waals surface area contributed by atoms with Crippen LogP contribution in [0.15, 0.2) is 22.7 Å². The summed E-state index contributed by atoms with van der Waals surface area (Å²) < 4.78 is 1.18. The van der Waals surface area contributed by atoms with Crippen molar-refractivity contribution in [1.82, 2.24) is 0 Å². The molecule has 78 valence electrons. The van der Waals surface area contributed by atoms with Gasteiger partial charge in [-0.1, -0.05) is 19.9 Å². The van der Waals surface area contributed by atoms with Gasteiger partial charge in [-0.25, -0.2) is 0 Å². The van der Waals surface area contributed by atoms with E-state index >= 15 is 0 Å². The van der Waals surface area contributed by atoms with Crippen LogP contribution >= 0.6 is 15.9 Å². The molecule has 0 aliphatic heterocycles. The molecule has 1 atom stereocenters. The second-order valence-corrected chi connectivity index (χ2v) is 4.77. The molecule has 2 heteroatoms. The Balaban J connectivity index is 3.00. The highest BCUT2D eigenvalue weighted by Crippen LogP contribution is 2.29. The fourth-order valence-corrected chi connectivity index (χ4v) is 2.18. The number of anilines is 1. The van der Waals surface area contributed by atoms with Gasteiger partial charge in [0.15, 0.2) is 0 Å². The smallest absolute Gasteiger partial charge is 0.0505 e. The maximum Gasteiger partial charge on any atom is 0.0505 e. The van der Waals surface area contributed by atoms with Crippen molar-refractivity contribution in [2.45, 2.75) is 26.2 Å². The van der Waals surface area contributed by atoms with E-state index in [1.807, 2.05) is 0 Å². The highest BCUT2D eigenvalue weighted by Gasteiger charge is 2.07. The lowest BCUT2D eigenvalue weighted by Gasteiger charge is -2.17. The molecule has 0 aliphatic rings. The van der Waals surface area contributed by atoms with Gasteiger partial charge in [0.1, 0.15) is 0 Å². The molecule has 0 heterocycles. The lowest BCUT2D eigenvalue weighted by molar-refractivity contribution is 0.733. The van der Waals surface area contributed by atoms with E-state index in [1.165, 1.54) is 22.1 Å². The summed E-state index contributed by atoms with van der Waals surface area (Å²) in [6, 6.07) is 6.61. The van der Waals surface area contributed by atoms with Gasteiger partial charge >= 0.3 is 0 Å². The number of benzene rings is 1. The first kappa shape index (κ1) is 11.6. The van der Waals surface area contributed by atoms with Crippen LogP contribution in [-0.4, -0.2) is 14.1 Å². The van der Waals surface area contributed by atoms with Crippen molar-refractivity contribution in [3.8, 4) is 0 Å². The van der Waals surface area contributed by atoms with Crippen LogP contribution in [0.3, 0.4) is 0 Å². The van der Waals surface area contributed by atoms with E-state index in [-0.39, 0.29) is 0 Å². The summed E-state index contributed by atoms with van der Waals surface area (Å²) in [5.74, 6) is 0.641. The van der Waals surface area contributed by atoms with Gasteiger partial charge in [0.25, 0.3) is 0 Å². The Hall–Kier alpha value is -0.500. The number of hydrogen-bond donors (Lipinski definition) is 0. The molecule has 1 aromatic rings. The van der Waals surface area contributed by atoms with Crippen LogP contribution < -0.4 is 4.90 Å². The Morgan fingerprint density at radius 2 is 2.00 bits per heavy atom. The minimum atomic E-state index is 0.641. The molecule has 0 N–H and O–H groups in total. The first-order chi connectivity index (χ1) is 6.56. The van der Waals surface area contributed by atoms with E-state index in [0.29, 0.717) is 5.92 Å². The summed E-state index contributed by atoms with van der Waals surface area (Å²) in [6.45, 7) is 4.48. The quantitative estimate of drug-likeness (QED) is 0.789. The van der Waals surface area contributed by atoms with Crippen LogP contribution in [0.1, 0.15) is 31.7 Å². The molecule has 0 saturated carbocycles. The predicted octanol–water partition coefficient (Wildman–Crippen LogP) is 4.03. The van der Waals surface area contributed by atoms with Gasteiger partial charge in [0.05, 0.1) is 5.69 Å². The minimum absolute atomic E-state index is 0.641. The number of rotatable bonds is 3. The molecule has 1 nitrogen and oxygen atoms in total. The van der Waals surface area contributed by atoms with Crippen LogP contribution in [0.5, 0.6) is 0 Å². The normalized spacial score (nSPS) is 12.6. The predicted molar refractivity (Wildman–Crippen MR) is 67.2 cm³/mol. The third-order valence-electron chi connectivity index (χ3n) is 2.63. The van der Waals surface area contributed by atoms with Crippen LogP contribution in [-0.2, 0) is 0 Å². The molecule has 0 saturated heterocycles. The van der Waals surface area contributed by atoms with Gasteiger partial charge in [-0.15, -0.1) is 0 Å². The summed E-state index contributed by atoms with van der Waals surface area (Å²) in [5, 5.41) is 0. The molecule has 0 amide bonds. The molecule has 0 spiro atoms. The first-order valence-corrected chi connectivity index (χ1v) is 5.82. The second kappa shape index (κ2) is 4.83. The third-order valence-corrected chi connectivity index (χ3v) is 3.27. The van der Waals surface area contributed by atoms with Crippen molar-refractivity contribution < 1.29 is 0 Å². The molecule has 0 radical (unpaired) electrons. The highest BCUT2D eigenvalue weighted by atomic mass is 79.9. The minimum Gasteiger partial charge on any atom is -0.377 e. The molecule has 1 unspecified atom stereocenters. The van der Waals surface area contributed by atoms with Gasteiger partial charge in [0.2, 0.25) is 0 Å². The monoisotopic (exact) mass is 255 g/mol. The largest absolute Gasteiger partial charge is 0.377 e. The van der Waals surface area contributed by atoms with Gasteiger partial charge in [0, 0.05) is 18.6 Å². The molecule has 1 rings (SSSR count). The zero-order chi connectivity index (χ0) is 10.7. The van der Waals surface area contributed by atoms with Gasteiger partial charge < -0.3 is 4.90 Å². The van der Waals surface area contributed by atoms with Gasteiger partial charge in [-0.05, 0) is 46.0 Å². The Kier molecular flexibility index (Phi) is 3.99.